The maximum Gasteiger partial charge on any atom is 0.294 e. The van der Waals surface area contributed by atoms with Crippen LogP contribution in [-0.4, -0.2) is 9.38 Å². The van der Waals surface area contributed by atoms with E-state index in [2.05, 4.69) is 64.6 Å². The third kappa shape index (κ3) is 1.27. The summed E-state index contributed by atoms with van der Waals surface area (Å²) in [5, 5.41) is 3.85. The van der Waals surface area contributed by atoms with Gasteiger partial charge in [-0.3, -0.25) is 4.98 Å². The van der Waals surface area contributed by atoms with E-state index in [0.29, 0.717) is 0 Å². The highest BCUT2D eigenvalue weighted by atomic mass is 15.1. The summed E-state index contributed by atoms with van der Waals surface area (Å²) in [5.74, 6) is 0. The predicted molar refractivity (Wildman–Crippen MR) is 76.1 cm³/mol. The minimum atomic E-state index is 1.15. The number of aryl methyl sites for hydroxylation is 2. The van der Waals surface area contributed by atoms with Crippen LogP contribution >= 0.6 is 0 Å². The van der Waals surface area contributed by atoms with E-state index in [1.807, 2.05) is 12.4 Å². The lowest BCUT2D eigenvalue weighted by Crippen LogP contribution is -2.26. The third-order valence-electron chi connectivity index (χ3n) is 3.85. The molecule has 3 heterocycles. The number of nitrogens with zero attached hydrogens (tertiary/aromatic N) is 3. The zero-order valence-electron chi connectivity index (χ0n) is 11.0. The number of benzene rings is 1. The van der Waals surface area contributed by atoms with Gasteiger partial charge in [0.15, 0.2) is 5.52 Å². The van der Waals surface area contributed by atoms with Crippen LogP contribution in [0.5, 0.6) is 0 Å². The van der Waals surface area contributed by atoms with Gasteiger partial charge in [-0.2, -0.15) is 4.40 Å². The number of rotatable bonds is 0. The van der Waals surface area contributed by atoms with Crippen molar-refractivity contribution in [3.8, 4) is 0 Å². The highest BCUT2D eigenvalue weighted by Gasteiger charge is 2.18. The number of aromatic nitrogens is 3. The first kappa shape index (κ1) is 10.5. The van der Waals surface area contributed by atoms with Gasteiger partial charge in [0.05, 0.1) is 18.6 Å². The standard InChI is InChI=1S/C16H14N3/c1-11-4-3-5-13-12-6-7-17-10-14(12)19-9-8-18(2)16(19)15(11)13/h3-10H,1-2H3/q+1. The van der Waals surface area contributed by atoms with E-state index in [9.17, 15) is 0 Å². The summed E-state index contributed by atoms with van der Waals surface area (Å²) in [7, 11) is 2.09. The molecule has 0 saturated carbocycles. The molecular formula is C16H14N3+. The van der Waals surface area contributed by atoms with Gasteiger partial charge in [-0.1, -0.05) is 18.2 Å². The Labute approximate surface area is 110 Å². The molecule has 1 aromatic carbocycles. The van der Waals surface area contributed by atoms with E-state index in [1.54, 1.807) is 0 Å². The van der Waals surface area contributed by atoms with Gasteiger partial charge in [0.25, 0.3) is 5.65 Å². The summed E-state index contributed by atoms with van der Waals surface area (Å²) in [5.41, 5.74) is 3.67. The fourth-order valence-corrected chi connectivity index (χ4v) is 2.96. The highest BCUT2D eigenvalue weighted by Crippen LogP contribution is 2.29. The first-order valence-corrected chi connectivity index (χ1v) is 6.39. The van der Waals surface area contributed by atoms with Crippen LogP contribution in [0.3, 0.4) is 0 Å². The van der Waals surface area contributed by atoms with Crippen LogP contribution in [0, 0.1) is 6.92 Å². The lowest BCUT2D eigenvalue weighted by molar-refractivity contribution is -0.643. The second-order valence-electron chi connectivity index (χ2n) is 4.99. The van der Waals surface area contributed by atoms with Crippen LogP contribution < -0.4 is 4.57 Å². The molecule has 4 rings (SSSR count). The van der Waals surface area contributed by atoms with E-state index in [4.69, 9.17) is 0 Å². The van der Waals surface area contributed by atoms with Crippen LogP contribution in [0.4, 0.5) is 0 Å². The van der Waals surface area contributed by atoms with Crippen LogP contribution in [0.25, 0.3) is 27.3 Å². The van der Waals surface area contributed by atoms with E-state index in [-0.39, 0.29) is 0 Å². The molecule has 0 aliphatic rings. The Bertz CT molecular complexity index is 935. The van der Waals surface area contributed by atoms with E-state index in [1.165, 1.54) is 27.4 Å². The summed E-state index contributed by atoms with van der Waals surface area (Å²) in [4.78, 5) is 4.27. The van der Waals surface area contributed by atoms with Gasteiger partial charge in [-0.25, -0.2) is 4.57 Å². The van der Waals surface area contributed by atoms with Gasteiger partial charge in [0.2, 0.25) is 0 Å². The van der Waals surface area contributed by atoms with E-state index >= 15 is 0 Å². The molecule has 0 radical (unpaired) electrons. The van der Waals surface area contributed by atoms with Crippen molar-refractivity contribution in [2.75, 3.05) is 0 Å². The molecule has 0 saturated heterocycles. The fourth-order valence-electron chi connectivity index (χ4n) is 2.96. The summed E-state index contributed by atoms with van der Waals surface area (Å²) >= 11 is 0. The van der Waals surface area contributed by atoms with Crippen molar-refractivity contribution in [3.05, 3.63) is 54.6 Å². The molecule has 0 fully saturated rings. The van der Waals surface area contributed by atoms with Crippen LogP contribution in [-0.2, 0) is 7.05 Å². The van der Waals surface area contributed by atoms with Gasteiger partial charge in [0.1, 0.15) is 12.4 Å². The Balaban J connectivity index is 2.49. The molecule has 3 heteroatoms. The van der Waals surface area contributed by atoms with Crippen molar-refractivity contribution < 1.29 is 4.57 Å². The SMILES string of the molecule is Cc1cccc2c3ccncc3n3cc[n+](C)c3c12. The van der Waals surface area contributed by atoms with Crippen LogP contribution in [0.15, 0.2) is 49.1 Å². The molecule has 92 valence electrons. The summed E-state index contributed by atoms with van der Waals surface area (Å²) in [6.07, 6.45) is 7.99. The summed E-state index contributed by atoms with van der Waals surface area (Å²) in [6.45, 7) is 2.17. The van der Waals surface area contributed by atoms with Crippen molar-refractivity contribution in [3.63, 3.8) is 0 Å². The Morgan fingerprint density at radius 1 is 1.16 bits per heavy atom. The lowest BCUT2D eigenvalue weighted by atomic mass is 10.0. The molecule has 3 aromatic heterocycles. The molecule has 0 spiro atoms. The van der Waals surface area contributed by atoms with Gasteiger partial charge in [-0.15, -0.1) is 0 Å². The average Bonchev–Trinajstić information content (AvgIpc) is 2.82. The van der Waals surface area contributed by atoms with Crippen molar-refractivity contribution in [1.29, 1.82) is 0 Å². The van der Waals surface area contributed by atoms with Crippen molar-refractivity contribution in [2.45, 2.75) is 6.92 Å². The molecule has 0 bridgehead atoms. The molecule has 0 aliphatic carbocycles. The van der Waals surface area contributed by atoms with Crippen molar-refractivity contribution >= 4 is 27.3 Å². The number of fused-ring (bicyclic) bond motifs is 6. The Morgan fingerprint density at radius 2 is 2.05 bits per heavy atom. The zero-order chi connectivity index (χ0) is 13.0. The fraction of sp³-hybridized carbons (Fsp3) is 0.125. The van der Waals surface area contributed by atoms with E-state index < -0.39 is 0 Å². The molecular weight excluding hydrogens is 234 g/mol. The zero-order valence-corrected chi connectivity index (χ0v) is 11.0. The Hall–Kier alpha value is -2.42. The average molecular weight is 248 g/mol. The van der Waals surface area contributed by atoms with Crippen molar-refractivity contribution in [1.82, 2.24) is 9.38 Å². The molecule has 0 N–H and O–H groups in total. The molecule has 19 heavy (non-hydrogen) atoms. The minimum absolute atomic E-state index is 1.15. The summed E-state index contributed by atoms with van der Waals surface area (Å²) < 4.78 is 4.39. The van der Waals surface area contributed by atoms with Crippen LogP contribution in [0.2, 0.25) is 0 Å². The minimum Gasteiger partial charge on any atom is -0.260 e. The third-order valence-corrected chi connectivity index (χ3v) is 3.85. The first-order chi connectivity index (χ1) is 9.27. The Kier molecular flexibility index (Phi) is 1.96. The highest BCUT2D eigenvalue weighted by molar-refractivity contribution is 6.11. The second-order valence-corrected chi connectivity index (χ2v) is 4.99. The molecule has 3 nitrogen and oxygen atoms in total. The molecule has 4 aromatic rings. The first-order valence-electron chi connectivity index (χ1n) is 6.39. The smallest absolute Gasteiger partial charge is 0.260 e. The monoisotopic (exact) mass is 248 g/mol. The quantitative estimate of drug-likeness (QED) is 0.346. The van der Waals surface area contributed by atoms with Gasteiger partial charge < -0.3 is 0 Å². The molecule has 0 aliphatic heterocycles. The summed E-state index contributed by atoms with van der Waals surface area (Å²) in [6, 6.07) is 8.58. The van der Waals surface area contributed by atoms with Gasteiger partial charge in [-0.05, 0) is 18.6 Å². The van der Waals surface area contributed by atoms with Crippen LogP contribution in [0.1, 0.15) is 5.56 Å². The number of hydrogen-bond donors (Lipinski definition) is 0. The maximum atomic E-state index is 4.27. The normalized spacial score (nSPS) is 11.7. The number of imidazole rings is 1. The predicted octanol–water partition coefficient (Wildman–Crippen LogP) is 2.77. The second kappa shape index (κ2) is 3.54. The Morgan fingerprint density at radius 3 is 2.95 bits per heavy atom. The lowest BCUT2D eigenvalue weighted by Gasteiger charge is -2.06. The van der Waals surface area contributed by atoms with Gasteiger partial charge in [0, 0.05) is 17.0 Å². The van der Waals surface area contributed by atoms with Crippen molar-refractivity contribution in [2.24, 2.45) is 7.05 Å². The largest absolute Gasteiger partial charge is 0.294 e. The molecule has 0 atom stereocenters. The molecule has 0 unspecified atom stereocenters. The maximum absolute atomic E-state index is 4.27. The topological polar surface area (TPSA) is 21.2 Å². The van der Waals surface area contributed by atoms with E-state index in [0.717, 1.165) is 5.52 Å². The number of hydrogen-bond acceptors (Lipinski definition) is 1. The van der Waals surface area contributed by atoms with Gasteiger partial charge >= 0.3 is 0 Å². The molecule has 0 amide bonds. The number of pyridine rings is 2.